The third-order valence-electron chi connectivity index (χ3n) is 4.60. The van der Waals surface area contributed by atoms with Crippen molar-refractivity contribution in [2.24, 2.45) is 5.10 Å². The summed E-state index contributed by atoms with van der Waals surface area (Å²) in [6.45, 7) is 4.03. The third-order valence-corrected chi connectivity index (χ3v) is 4.89. The molecule has 3 aromatic rings. The van der Waals surface area contributed by atoms with Gasteiger partial charge in [-0.1, -0.05) is 17.7 Å². The first-order valence-electron chi connectivity index (χ1n) is 9.44. The molecule has 2 amide bonds. The molecule has 2 N–H and O–H groups in total. The SMILES string of the molecule is COc1ccc(-n2c(C)cc(/C=N\NC(=O)C(=O)NCc3ccccn3)c2C)cc1Cl. The van der Waals surface area contributed by atoms with Crippen molar-refractivity contribution in [3.05, 3.63) is 76.3 Å². The molecule has 31 heavy (non-hydrogen) atoms. The van der Waals surface area contributed by atoms with E-state index in [1.54, 1.807) is 37.6 Å². The van der Waals surface area contributed by atoms with Crippen LogP contribution in [0.2, 0.25) is 5.02 Å². The van der Waals surface area contributed by atoms with Gasteiger partial charge in [0.1, 0.15) is 5.75 Å². The van der Waals surface area contributed by atoms with Crippen molar-refractivity contribution in [1.82, 2.24) is 20.3 Å². The standard InChI is InChI=1S/C22H22ClN5O3/c1-14-10-16(15(2)28(14)18-7-8-20(31-3)19(23)11-18)12-26-27-22(30)21(29)25-13-17-6-4-5-9-24-17/h4-12H,13H2,1-3H3,(H,25,29)(H,27,30)/b26-12-. The molecule has 3 rings (SSSR count). The summed E-state index contributed by atoms with van der Waals surface area (Å²) in [6, 6.07) is 12.8. The van der Waals surface area contributed by atoms with Crippen LogP contribution in [0, 0.1) is 13.8 Å². The van der Waals surface area contributed by atoms with Crippen molar-refractivity contribution in [3.8, 4) is 11.4 Å². The van der Waals surface area contributed by atoms with Gasteiger partial charge in [-0.3, -0.25) is 14.6 Å². The zero-order chi connectivity index (χ0) is 22.4. The topological polar surface area (TPSA) is 97.6 Å². The van der Waals surface area contributed by atoms with Crippen LogP contribution in [0.25, 0.3) is 5.69 Å². The molecule has 0 bridgehead atoms. The lowest BCUT2D eigenvalue weighted by molar-refractivity contribution is -0.139. The first-order chi connectivity index (χ1) is 14.9. The number of rotatable bonds is 6. The van der Waals surface area contributed by atoms with E-state index in [4.69, 9.17) is 16.3 Å². The van der Waals surface area contributed by atoms with Gasteiger partial charge in [-0.05, 0) is 50.2 Å². The highest BCUT2D eigenvalue weighted by molar-refractivity contribution is 6.35. The number of hydrogen-bond donors (Lipinski definition) is 2. The van der Waals surface area contributed by atoms with Crippen LogP contribution in [0.3, 0.4) is 0 Å². The van der Waals surface area contributed by atoms with E-state index in [-0.39, 0.29) is 6.54 Å². The van der Waals surface area contributed by atoms with E-state index in [9.17, 15) is 9.59 Å². The monoisotopic (exact) mass is 439 g/mol. The average Bonchev–Trinajstić information content (AvgIpc) is 3.05. The van der Waals surface area contributed by atoms with Gasteiger partial charge in [0.2, 0.25) is 0 Å². The number of nitrogens with zero attached hydrogens (tertiary/aromatic N) is 3. The zero-order valence-electron chi connectivity index (χ0n) is 17.3. The van der Waals surface area contributed by atoms with Crippen LogP contribution in [0.5, 0.6) is 5.75 Å². The number of aryl methyl sites for hydroxylation is 1. The normalized spacial score (nSPS) is 10.8. The van der Waals surface area contributed by atoms with Gasteiger partial charge in [0.15, 0.2) is 0 Å². The predicted molar refractivity (Wildman–Crippen MR) is 119 cm³/mol. The number of methoxy groups -OCH3 is 1. The second-order valence-electron chi connectivity index (χ2n) is 6.68. The van der Waals surface area contributed by atoms with Crippen LogP contribution in [-0.2, 0) is 16.1 Å². The van der Waals surface area contributed by atoms with Crippen molar-refractivity contribution in [3.63, 3.8) is 0 Å². The number of carbonyl (C=O) groups is 2. The highest BCUT2D eigenvalue weighted by Gasteiger charge is 2.14. The minimum atomic E-state index is -0.858. The summed E-state index contributed by atoms with van der Waals surface area (Å²) in [4.78, 5) is 27.9. The Bertz CT molecular complexity index is 1130. The van der Waals surface area contributed by atoms with E-state index in [1.807, 2.05) is 36.6 Å². The van der Waals surface area contributed by atoms with Crippen molar-refractivity contribution >= 4 is 29.6 Å². The Balaban J connectivity index is 1.65. The first kappa shape index (κ1) is 22.0. The minimum Gasteiger partial charge on any atom is -0.495 e. The van der Waals surface area contributed by atoms with Gasteiger partial charge in [0, 0.05) is 28.8 Å². The summed E-state index contributed by atoms with van der Waals surface area (Å²) < 4.78 is 7.21. The van der Waals surface area contributed by atoms with E-state index in [0.717, 1.165) is 22.6 Å². The van der Waals surface area contributed by atoms with Gasteiger partial charge >= 0.3 is 11.8 Å². The lowest BCUT2D eigenvalue weighted by Gasteiger charge is -2.11. The Kier molecular flexibility index (Phi) is 7.04. The highest BCUT2D eigenvalue weighted by Crippen LogP contribution is 2.28. The molecule has 2 heterocycles. The number of carbonyl (C=O) groups excluding carboxylic acids is 2. The second kappa shape index (κ2) is 9.90. The van der Waals surface area contributed by atoms with Crippen LogP contribution in [0.15, 0.2) is 53.8 Å². The fourth-order valence-electron chi connectivity index (χ4n) is 3.08. The fourth-order valence-corrected chi connectivity index (χ4v) is 3.33. The lowest BCUT2D eigenvalue weighted by atomic mass is 10.2. The minimum absolute atomic E-state index is 0.155. The average molecular weight is 440 g/mol. The molecule has 0 aliphatic rings. The number of hydrazone groups is 1. The lowest BCUT2D eigenvalue weighted by Crippen LogP contribution is -2.37. The number of benzene rings is 1. The van der Waals surface area contributed by atoms with E-state index in [2.05, 4.69) is 20.8 Å². The van der Waals surface area contributed by atoms with Crippen molar-refractivity contribution in [2.45, 2.75) is 20.4 Å². The Labute approximate surface area is 184 Å². The molecular weight excluding hydrogens is 418 g/mol. The molecule has 0 aliphatic heterocycles. The molecule has 0 saturated heterocycles. The summed E-state index contributed by atoms with van der Waals surface area (Å²) in [5.74, 6) is -1.05. The van der Waals surface area contributed by atoms with E-state index in [0.29, 0.717) is 16.5 Å². The predicted octanol–water partition coefficient (Wildman–Crippen LogP) is 2.92. The number of amides is 2. The molecular formula is C22H22ClN5O3. The maximum absolute atomic E-state index is 11.9. The van der Waals surface area contributed by atoms with Crippen molar-refractivity contribution in [1.29, 1.82) is 0 Å². The molecule has 0 saturated carbocycles. The fraction of sp³-hybridized carbons (Fsp3) is 0.182. The van der Waals surface area contributed by atoms with Crippen LogP contribution < -0.4 is 15.5 Å². The number of hydrogen-bond acceptors (Lipinski definition) is 5. The first-order valence-corrected chi connectivity index (χ1v) is 9.82. The Morgan fingerprint density at radius 1 is 1.19 bits per heavy atom. The van der Waals surface area contributed by atoms with Gasteiger partial charge in [-0.2, -0.15) is 5.10 Å². The summed E-state index contributed by atoms with van der Waals surface area (Å²) in [5, 5.41) is 6.91. The molecule has 0 spiro atoms. The molecule has 0 atom stereocenters. The zero-order valence-corrected chi connectivity index (χ0v) is 18.1. The maximum Gasteiger partial charge on any atom is 0.329 e. The number of ether oxygens (including phenoxy) is 1. The summed E-state index contributed by atoms with van der Waals surface area (Å²) >= 11 is 6.25. The van der Waals surface area contributed by atoms with Gasteiger partial charge < -0.3 is 14.6 Å². The Morgan fingerprint density at radius 3 is 2.68 bits per heavy atom. The molecule has 9 heteroatoms. The van der Waals surface area contributed by atoms with E-state index in [1.165, 1.54) is 6.21 Å². The van der Waals surface area contributed by atoms with Crippen LogP contribution >= 0.6 is 11.6 Å². The van der Waals surface area contributed by atoms with Gasteiger partial charge in [0.25, 0.3) is 0 Å². The number of pyridine rings is 1. The largest absolute Gasteiger partial charge is 0.495 e. The van der Waals surface area contributed by atoms with Gasteiger partial charge in [-0.25, -0.2) is 5.43 Å². The van der Waals surface area contributed by atoms with Crippen molar-refractivity contribution < 1.29 is 14.3 Å². The number of halogens is 1. The number of aromatic nitrogens is 2. The molecule has 0 fully saturated rings. The quantitative estimate of drug-likeness (QED) is 0.350. The smallest absolute Gasteiger partial charge is 0.329 e. The number of nitrogens with one attached hydrogen (secondary N) is 2. The Morgan fingerprint density at radius 2 is 2.00 bits per heavy atom. The Hall–Kier alpha value is -3.65. The molecule has 1 aromatic carbocycles. The molecule has 8 nitrogen and oxygen atoms in total. The maximum atomic E-state index is 11.9. The van der Waals surface area contributed by atoms with Crippen molar-refractivity contribution in [2.75, 3.05) is 7.11 Å². The summed E-state index contributed by atoms with van der Waals surface area (Å²) in [5.41, 5.74) is 6.41. The van der Waals surface area contributed by atoms with Gasteiger partial charge in [0.05, 0.1) is 30.6 Å². The second-order valence-corrected chi connectivity index (χ2v) is 7.09. The third kappa shape index (κ3) is 5.29. The van der Waals surface area contributed by atoms with Gasteiger partial charge in [-0.15, -0.1) is 0 Å². The van der Waals surface area contributed by atoms with Crippen LogP contribution in [-0.4, -0.2) is 34.7 Å². The van der Waals surface area contributed by atoms with E-state index >= 15 is 0 Å². The van der Waals surface area contributed by atoms with Crippen LogP contribution in [0.1, 0.15) is 22.6 Å². The molecule has 0 unspecified atom stereocenters. The summed E-state index contributed by atoms with van der Waals surface area (Å²) in [6.07, 6.45) is 3.11. The molecule has 160 valence electrons. The molecule has 0 aliphatic carbocycles. The highest BCUT2D eigenvalue weighted by atomic mass is 35.5. The van der Waals surface area contributed by atoms with Crippen LogP contribution in [0.4, 0.5) is 0 Å². The summed E-state index contributed by atoms with van der Waals surface area (Å²) in [7, 11) is 1.56. The molecule has 2 aromatic heterocycles. The molecule has 0 radical (unpaired) electrons. The van der Waals surface area contributed by atoms with E-state index < -0.39 is 11.8 Å².